The van der Waals surface area contributed by atoms with Crippen molar-refractivity contribution in [3.63, 3.8) is 0 Å². The fraction of sp³-hybridized carbons (Fsp3) is 0.632. The molecule has 0 bridgehead atoms. The van der Waals surface area contributed by atoms with E-state index in [0.717, 1.165) is 38.5 Å². The second-order valence-corrected chi connectivity index (χ2v) is 7.11. The van der Waals surface area contributed by atoms with Crippen LogP contribution in [-0.2, 0) is 6.54 Å². The monoisotopic (exact) mass is 331 g/mol. The molecule has 24 heavy (non-hydrogen) atoms. The summed E-state index contributed by atoms with van der Waals surface area (Å²) < 4.78 is 6.10. The highest BCUT2D eigenvalue weighted by molar-refractivity contribution is 5.73. The van der Waals surface area contributed by atoms with E-state index in [-0.39, 0.29) is 6.03 Å². The summed E-state index contributed by atoms with van der Waals surface area (Å²) in [6, 6.07) is 8.61. The predicted octanol–water partition coefficient (Wildman–Crippen LogP) is 2.81. The van der Waals surface area contributed by atoms with E-state index < -0.39 is 0 Å². The van der Waals surface area contributed by atoms with Crippen LogP contribution in [0.1, 0.15) is 31.2 Å². The smallest absolute Gasteiger partial charge is 0.319 e. The normalized spacial score (nSPS) is 19.5. The zero-order chi connectivity index (χ0) is 16.9. The second-order valence-electron chi connectivity index (χ2n) is 7.11. The van der Waals surface area contributed by atoms with Gasteiger partial charge in [0.15, 0.2) is 0 Å². The molecule has 1 aliphatic carbocycles. The Kier molecular flexibility index (Phi) is 5.61. The molecular weight excluding hydrogens is 302 g/mol. The van der Waals surface area contributed by atoms with Gasteiger partial charge >= 0.3 is 6.03 Å². The van der Waals surface area contributed by atoms with Crippen LogP contribution in [0, 0.1) is 0 Å². The summed E-state index contributed by atoms with van der Waals surface area (Å²) >= 11 is 0. The number of urea groups is 1. The lowest BCUT2D eigenvalue weighted by atomic mass is 10.2. The molecule has 132 valence electrons. The first-order chi connectivity index (χ1) is 11.6. The Balaban J connectivity index is 1.50. The highest BCUT2D eigenvalue weighted by Gasteiger charge is 2.22. The van der Waals surface area contributed by atoms with Crippen LogP contribution in [0.3, 0.4) is 0 Å². The molecule has 5 heteroatoms. The molecule has 1 aromatic carbocycles. The SMILES string of the molecule is CN(C)C(=O)N1CCN(Cc2cccc(OC3CCCC3)c2)CC1. The van der Waals surface area contributed by atoms with Crippen LogP contribution >= 0.6 is 0 Å². The molecule has 2 fully saturated rings. The number of carbonyl (C=O) groups is 1. The van der Waals surface area contributed by atoms with Crippen LogP contribution in [0.15, 0.2) is 24.3 Å². The van der Waals surface area contributed by atoms with E-state index in [4.69, 9.17) is 4.74 Å². The summed E-state index contributed by atoms with van der Waals surface area (Å²) in [5.74, 6) is 1.00. The summed E-state index contributed by atoms with van der Waals surface area (Å²) in [4.78, 5) is 18.0. The minimum Gasteiger partial charge on any atom is -0.490 e. The summed E-state index contributed by atoms with van der Waals surface area (Å²) in [5.41, 5.74) is 1.29. The first-order valence-corrected chi connectivity index (χ1v) is 9.06. The number of piperazine rings is 1. The summed E-state index contributed by atoms with van der Waals surface area (Å²) in [6.45, 7) is 4.37. The van der Waals surface area contributed by atoms with Gasteiger partial charge in [-0.3, -0.25) is 4.90 Å². The molecular formula is C19H29N3O2. The minimum absolute atomic E-state index is 0.113. The first kappa shape index (κ1) is 17.1. The van der Waals surface area contributed by atoms with Crippen LogP contribution in [0.2, 0.25) is 0 Å². The van der Waals surface area contributed by atoms with Crippen LogP contribution in [-0.4, -0.2) is 67.1 Å². The molecule has 2 aliphatic rings. The number of ether oxygens (including phenoxy) is 1. The highest BCUT2D eigenvalue weighted by Crippen LogP contribution is 2.25. The quantitative estimate of drug-likeness (QED) is 0.851. The highest BCUT2D eigenvalue weighted by atomic mass is 16.5. The number of nitrogens with zero attached hydrogens (tertiary/aromatic N) is 3. The van der Waals surface area contributed by atoms with Crippen LogP contribution in [0.5, 0.6) is 5.75 Å². The van der Waals surface area contributed by atoms with Gasteiger partial charge < -0.3 is 14.5 Å². The van der Waals surface area contributed by atoms with Crippen LogP contribution in [0.4, 0.5) is 4.79 Å². The van der Waals surface area contributed by atoms with Crippen molar-refractivity contribution in [3.05, 3.63) is 29.8 Å². The van der Waals surface area contributed by atoms with Crippen molar-refractivity contribution in [2.75, 3.05) is 40.3 Å². The second kappa shape index (κ2) is 7.88. The molecule has 1 aromatic rings. The van der Waals surface area contributed by atoms with Gasteiger partial charge in [0.25, 0.3) is 0 Å². The van der Waals surface area contributed by atoms with Gasteiger partial charge in [-0.15, -0.1) is 0 Å². The molecule has 1 heterocycles. The molecule has 3 rings (SSSR count). The Labute approximate surface area is 145 Å². The van der Waals surface area contributed by atoms with Crippen molar-refractivity contribution >= 4 is 6.03 Å². The van der Waals surface area contributed by atoms with Crippen molar-refractivity contribution in [1.82, 2.24) is 14.7 Å². The Morgan fingerprint density at radius 3 is 2.54 bits per heavy atom. The third-order valence-electron chi connectivity index (χ3n) is 4.93. The lowest BCUT2D eigenvalue weighted by Gasteiger charge is -2.36. The van der Waals surface area contributed by atoms with Gasteiger partial charge in [0.1, 0.15) is 5.75 Å². The maximum Gasteiger partial charge on any atom is 0.319 e. The summed E-state index contributed by atoms with van der Waals surface area (Å²) in [7, 11) is 3.62. The maximum absolute atomic E-state index is 12.0. The number of hydrogen-bond donors (Lipinski definition) is 0. The number of benzene rings is 1. The molecule has 0 spiro atoms. The topological polar surface area (TPSA) is 36.0 Å². The maximum atomic E-state index is 12.0. The molecule has 0 radical (unpaired) electrons. The Hall–Kier alpha value is -1.75. The lowest BCUT2D eigenvalue weighted by molar-refractivity contribution is 0.120. The number of carbonyl (C=O) groups excluding carboxylic acids is 1. The van der Waals surface area contributed by atoms with E-state index in [0.29, 0.717) is 6.10 Å². The fourth-order valence-electron chi connectivity index (χ4n) is 3.55. The Bertz CT molecular complexity index is 547. The Morgan fingerprint density at radius 1 is 1.17 bits per heavy atom. The van der Waals surface area contributed by atoms with E-state index in [1.54, 1.807) is 4.90 Å². The van der Waals surface area contributed by atoms with Gasteiger partial charge in [-0.2, -0.15) is 0 Å². The average Bonchev–Trinajstić information content (AvgIpc) is 3.08. The van der Waals surface area contributed by atoms with E-state index in [1.807, 2.05) is 19.0 Å². The van der Waals surface area contributed by atoms with Crippen LogP contribution < -0.4 is 4.74 Å². The van der Waals surface area contributed by atoms with Gasteiger partial charge in [-0.1, -0.05) is 12.1 Å². The van der Waals surface area contributed by atoms with Gasteiger partial charge in [0, 0.05) is 46.8 Å². The zero-order valence-corrected chi connectivity index (χ0v) is 14.9. The number of hydrogen-bond acceptors (Lipinski definition) is 3. The molecule has 1 saturated heterocycles. The van der Waals surface area contributed by atoms with E-state index in [2.05, 4.69) is 29.2 Å². The molecule has 0 aromatic heterocycles. The van der Waals surface area contributed by atoms with E-state index in [1.165, 1.54) is 31.2 Å². The van der Waals surface area contributed by atoms with Gasteiger partial charge in [-0.05, 0) is 43.4 Å². The molecule has 1 aliphatic heterocycles. The van der Waals surface area contributed by atoms with Gasteiger partial charge in [-0.25, -0.2) is 4.79 Å². The molecule has 5 nitrogen and oxygen atoms in total. The molecule has 0 unspecified atom stereocenters. The predicted molar refractivity (Wildman–Crippen MR) is 95.3 cm³/mol. The third-order valence-corrected chi connectivity index (χ3v) is 4.93. The average molecular weight is 331 g/mol. The standard InChI is InChI=1S/C19H29N3O2/c1-20(2)19(23)22-12-10-21(11-13-22)15-16-6-5-9-18(14-16)24-17-7-3-4-8-17/h5-6,9,14,17H,3-4,7-8,10-13,15H2,1-2H3. The fourth-order valence-corrected chi connectivity index (χ4v) is 3.55. The van der Waals surface area contributed by atoms with E-state index >= 15 is 0 Å². The molecule has 0 atom stereocenters. The first-order valence-electron chi connectivity index (χ1n) is 9.06. The van der Waals surface area contributed by atoms with Crippen molar-refractivity contribution in [2.24, 2.45) is 0 Å². The van der Waals surface area contributed by atoms with Crippen molar-refractivity contribution in [2.45, 2.75) is 38.3 Å². The molecule has 2 amide bonds. The zero-order valence-electron chi connectivity index (χ0n) is 14.9. The van der Waals surface area contributed by atoms with Crippen molar-refractivity contribution in [1.29, 1.82) is 0 Å². The minimum atomic E-state index is 0.113. The number of rotatable bonds is 4. The van der Waals surface area contributed by atoms with Crippen LogP contribution in [0.25, 0.3) is 0 Å². The lowest BCUT2D eigenvalue weighted by Crippen LogP contribution is -2.51. The van der Waals surface area contributed by atoms with Gasteiger partial charge in [0.05, 0.1) is 6.10 Å². The van der Waals surface area contributed by atoms with Crippen molar-refractivity contribution in [3.8, 4) is 5.75 Å². The van der Waals surface area contributed by atoms with Gasteiger partial charge in [0.2, 0.25) is 0 Å². The summed E-state index contributed by atoms with van der Waals surface area (Å²) in [5, 5.41) is 0. The van der Waals surface area contributed by atoms with Crippen molar-refractivity contribution < 1.29 is 9.53 Å². The largest absolute Gasteiger partial charge is 0.490 e. The molecule has 1 saturated carbocycles. The molecule has 0 N–H and O–H groups in total. The Morgan fingerprint density at radius 2 is 1.88 bits per heavy atom. The third kappa shape index (κ3) is 4.41. The summed E-state index contributed by atoms with van der Waals surface area (Å²) in [6.07, 6.45) is 5.36. The number of amides is 2. The van der Waals surface area contributed by atoms with E-state index in [9.17, 15) is 4.79 Å².